The molecule has 2 aliphatic rings. The molecule has 0 amide bonds. The number of rotatable bonds is 5. The number of hydrogen-bond acceptors (Lipinski definition) is 3. The van der Waals surface area contributed by atoms with E-state index in [0.717, 1.165) is 25.7 Å². The van der Waals surface area contributed by atoms with Gasteiger partial charge in [-0.3, -0.25) is 4.79 Å². The molecular weight excluding hydrogens is 376 g/mol. The molecule has 29 heavy (non-hydrogen) atoms. The number of esters is 1. The zero-order valence-electron chi connectivity index (χ0n) is 18.0. The molecule has 0 aliphatic heterocycles. The van der Waals surface area contributed by atoms with Gasteiger partial charge in [0, 0.05) is 6.10 Å². The summed E-state index contributed by atoms with van der Waals surface area (Å²) in [6.07, 6.45) is 4.30. The summed E-state index contributed by atoms with van der Waals surface area (Å²) in [5.74, 6) is 0.0424. The van der Waals surface area contributed by atoms with Crippen LogP contribution in [0.5, 0.6) is 0 Å². The van der Waals surface area contributed by atoms with Gasteiger partial charge >= 0.3 is 5.97 Å². The second-order valence-electron chi connectivity index (χ2n) is 9.94. The van der Waals surface area contributed by atoms with Gasteiger partial charge in [-0.25, -0.2) is 0 Å². The van der Waals surface area contributed by atoms with Crippen LogP contribution in [0.1, 0.15) is 46.5 Å². The highest BCUT2D eigenvalue weighted by atomic mass is 28.4. The summed E-state index contributed by atoms with van der Waals surface area (Å²) in [5.41, 5.74) is 0.301. The molecule has 0 aromatic heterocycles. The van der Waals surface area contributed by atoms with Crippen LogP contribution >= 0.6 is 0 Å². The van der Waals surface area contributed by atoms with Gasteiger partial charge in [-0.15, -0.1) is 0 Å². The molecule has 2 aromatic rings. The van der Waals surface area contributed by atoms with Crippen LogP contribution in [-0.2, 0) is 14.0 Å². The number of methoxy groups -OCH3 is 1. The van der Waals surface area contributed by atoms with Gasteiger partial charge in [-0.2, -0.15) is 0 Å². The van der Waals surface area contributed by atoms with Gasteiger partial charge in [-0.1, -0.05) is 81.4 Å². The maximum atomic E-state index is 11.8. The third-order valence-electron chi connectivity index (χ3n) is 6.97. The van der Waals surface area contributed by atoms with E-state index in [1.54, 1.807) is 0 Å². The van der Waals surface area contributed by atoms with Gasteiger partial charge < -0.3 is 9.16 Å². The number of hydrogen-bond donors (Lipinski definition) is 0. The summed E-state index contributed by atoms with van der Waals surface area (Å²) in [7, 11) is -0.982. The maximum Gasteiger partial charge on any atom is 0.308 e. The average molecular weight is 409 g/mol. The number of carbonyl (C=O) groups is 1. The highest BCUT2D eigenvalue weighted by molar-refractivity contribution is 6.99. The van der Waals surface area contributed by atoms with Gasteiger partial charge in [0.1, 0.15) is 0 Å². The van der Waals surface area contributed by atoms with Crippen molar-refractivity contribution in [1.82, 2.24) is 0 Å². The van der Waals surface area contributed by atoms with Crippen LogP contribution in [0.2, 0.25) is 5.04 Å². The first-order chi connectivity index (χ1) is 13.8. The first-order valence-corrected chi connectivity index (χ1v) is 12.6. The lowest BCUT2D eigenvalue weighted by Crippen LogP contribution is -2.69. The van der Waals surface area contributed by atoms with Crippen molar-refractivity contribution in [2.45, 2.75) is 57.6 Å². The Morgan fingerprint density at radius 1 is 0.897 bits per heavy atom. The summed E-state index contributed by atoms with van der Waals surface area (Å²) < 4.78 is 12.1. The fraction of sp³-hybridized carbons (Fsp3) is 0.480. The molecule has 2 aromatic carbocycles. The highest BCUT2D eigenvalue weighted by Crippen LogP contribution is 2.60. The van der Waals surface area contributed by atoms with Crippen LogP contribution in [0.15, 0.2) is 60.7 Å². The summed E-state index contributed by atoms with van der Waals surface area (Å²) >= 11 is 0. The van der Waals surface area contributed by atoms with E-state index in [1.807, 2.05) is 0 Å². The lowest BCUT2D eigenvalue weighted by Gasteiger charge is -2.59. The standard InChI is InChI=1S/C25H32O3Si/c1-24(2,3)29(21-11-7-5-8-12-21,22-13-9-6-10-14-22)28-20-17-25(18-20)15-19(16-25)23(26)27-4/h5-14,19-20H,15-18H2,1-4H3. The van der Waals surface area contributed by atoms with Gasteiger partial charge in [0.2, 0.25) is 0 Å². The lowest BCUT2D eigenvalue weighted by atomic mass is 9.51. The Hall–Kier alpha value is -1.91. The Morgan fingerprint density at radius 3 is 1.79 bits per heavy atom. The molecule has 3 nitrogen and oxygen atoms in total. The van der Waals surface area contributed by atoms with Crippen molar-refractivity contribution in [3.05, 3.63) is 60.7 Å². The van der Waals surface area contributed by atoms with E-state index >= 15 is 0 Å². The first kappa shape index (κ1) is 20.4. The molecule has 0 heterocycles. The molecule has 2 aliphatic carbocycles. The Kier molecular flexibility index (Phi) is 5.20. The Labute approximate surface area is 175 Å². The van der Waals surface area contributed by atoms with Crippen LogP contribution < -0.4 is 10.4 Å². The number of carbonyl (C=O) groups excluding carboxylic acids is 1. The fourth-order valence-electron chi connectivity index (χ4n) is 5.58. The summed E-state index contributed by atoms with van der Waals surface area (Å²) in [6, 6.07) is 21.7. The topological polar surface area (TPSA) is 35.5 Å². The predicted octanol–water partition coefficient (Wildman–Crippen LogP) is 4.29. The minimum atomic E-state index is -2.47. The van der Waals surface area contributed by atoms with Crippen molar-refractivity contribution in [1.29, 1.82) is 0 Å². The summed E-state index contributed by atoms with van der Waals surface area (Å²) in [5, 5.41) is 2.67. The van der Waals surface area contributed by atoms with Crippen molar-refractivity contribution >= 4 is 24.7 Å². The third kappa shape index (κ3) is 3.47. The first-order valence-electron chi connectivity index (χ1n) is 10.7. The van der Waals surface area contributed by atoms with Crippen LogP contribution in [0.3, 0.4) is 0 Å². The van der Waals surface area contributed by atoms with Crippen LogP contribution in [0.4, 0.5) is 0 Å². The minimum absolute atomic E-state index is 0.00657. The SMILES string of the molecule is COC(=O)C1CC2(CC(O[Si](c3ccccc3)(c3ccccc3)C(C)(C)C)C2)C1. The molecule has 0 atom stereocenters. The summed E-state index contributed by atoms with van der Waals surface area (Å²) in [6.45, 7) is 6.97. The number of ether oxygens (including phenoxy) is 1. The Balaban J connectivity index is 1.61. The molecule has 4 heteroatoms. The van der Waals surface area contributed by atoms with Crippen LogP contribution in [0.25, 0.3) is 0 Å². The molecule has 0 radical (unpaired) electrons. The maximum absolute atomic E-state index is 11.8. The van der Waals surface area contributed by atoms with Crippen molar-refractivity contribution in [2.24, 2.45) is 11.3 Å². The molecule has 2 saturated carbocycles. The monoisotopic (exact) mass is 408 g/mol. The largest absolute Gasteiger partial charge is 0.469 e. The zero-order chi connectivity index (χ0) is 20.7. The van der Waals surface area contributed by atoms with E-state index < -0.39 is 8.32 Å². The van der Waals surface area contributed by atoms with Gasteiger partial charge in [0.15, 0.2) is 0 Å². The molecule has 1 spiro atoms. The second kappa shape index (κ2) is 7.40. The van der Waals surface area contributed by atoms with E-state index in [2.05, 4.69) is 81.4 Å². The van der Waals surface area contributed by atoms with Gasteiger partial charge in [0.25, 0.3) is 8.32 Å². The van der Waals surface area contributed by atoms with Crippen LogP contribution in [-0.4, -0.2) is 27.5 Å². The van der Waals surface area contributed by atoms with E-state index in [-0.39, 0.29) is 23.0 Å². The van der Waals surface area contributed by atoms with E-state index in [1.165, 1.54) is 17.5 Å². The summed E-state index contributed by atoms with van der Waals surface area (Å²) in [4.78, 5) is 11.8. The van der Waals surface area contributed by atoms with Gasteiger partial charge in [-0.05, 0) is 46.5 Å². The molecular formula is C25H32O3Si. The van der Waals surface area contributed by atoms with Crippen molar-refractivity contribution in [3.63, 3.8) is 0 Å². The molecule has 4 rings (SSSR count). The smallest absolute Gasteiger partial charge is 0.308 e. The van der Waals surface area contributed by atoms with Crippen molar-refractivity contribution in [3.8, 4) is 0 Å². The van der Waals surface area contributed by atoms with E-state index in [4.69, 9.17) is 9.16 Å². The Morgan fingerprint density at radius 2 is 1.38 bits per heavy atom. The van der Waals surface area contributed by atoms with Crippen molar-refractivity contribution in [2.75, 3.05) is 7.11 Å². The zero-order valence-corrected chi connectivity index (χ0v) is 19.0. The number of benzene rings is 2. The molecule has 0 N–H and O–H groups in total. The molecule has 0 saturated heterocycles. The molecule has 154 valence electrons. The normalized spacial score (nSPS) is 26.5. The minimum Gasteiger partial charge on any atom is -0.469 e. The third-order valence-corrected chi connectivity index (χ3v) is 12.1. The molecule has 0 bridgehead atoms. The Bertz CT molecular complexity index is 803. The van der Waals surface area contributed by atoms with Crippen LogP contribution in [0, 0.1) is 11.3 Å². The lowest BCUT2D eigenvalue weighted by molar-refractivity contribution is -0.165. The highest BCUT2D eigenvalue weighted by Gasteiger charge is 2.59. The van der Waals surface area contributed by atoms with Gasteiger partial charge in [0.05, 0.1) is 13.0 Å². The van der Waals surface area contributed by atoms with Crippen molar-refractivity contribution < 1.29 is 14.0 Å². The quantitative estimate of drug-likeness (QED) is 0.547. The second-order valence-corrected chi connectivity index (χ2v) is 14.2. The van der Waals surface area contributed by atoms with E-state index in [0.29, 0.717) is 5.41 Å². The predicted molar refractivity (Wildman–Crippen MR) is 119 cm³/mol. The fourth-order valence-corrected chi connectivity index (χ4v) is 10.3. The molecule has 0 unspecified atom stereocenters. The average Bonchev–Trinajstić information content (AvgIpc) is 2.65. The molecule has 2 fully saturated rings. The van der Waals surface area contributed by atoms with E-state index in [9.17, 15) is 4.79 Å².